The van der Waals surface area contributed by atoms with Gasteiger partial charge in [0.25, 0.3) is 0 Å². The van der Waals surface area contributed by atoms with Crippen molar-refractivity contribution in [3.05, 3.63) is 39.2 Å². The third-order valence-electron chi connectivity index (χ3n) is 2.58. The Kier molecular flexibility index (Phi) is 3.64. The van der Waals surface area contributed by atoms with Gasteiger partial charge in [0.1, 0.15) is 17.3 Å². The minimum absolute atomic E-state index is 0.171. The summed E-state index contributed by atoms with van der Waals surface area (Å²) in [5.74, 6) is 0.0543. The van der Waals surface area contributed by atoms with Gasteiger partial charge in [-0.25, -0.2) is 9.07 Å². The van der Waals surface area contributed by atoms with Crippen molar-refractivity contribution in [1.82, 2.24) is 9.78 Å². The second-order valence-corrected chi connectivity index (χ2v) is 5.42. The van der Waals surface area contributed by atoms with Crippen molar-refractivity contribution in [2.24, 2.45) is 0 Å². The minimum Gasteiger partial charge on any atom is -0.383 e. The van der Waals surface area contributed by atoms with Crippen LogP contribution in [0.3, 0.4) is 0 Å². The van der Waals surface area contributed by atoms with Gasteiger partial charge in [-0.2, -0.15) is 5.10 Å². The van der Waals surface area contributed by atoms with E-state index in [1.165, 1.54) is 10.7 Å². The number of hydrogen-bond acceptors (Lipinski definition) is 2. The van der Waals surface area contributed by atoms with Crippen LogP contribution in [0.15, 0.2) is 22.7 Å². The fourth-order valence-corrected chi connectivity index (χ4v) is 2.61. The van der Waals surface area contributed by atoms with E-state index in [2.05, 4.69) is 21.0 Å². The molecule has 0 bridgehead atoms. The standard InChI is InChI=1S/C12H12BrClFN3/c1-6(2)10-9(13)12(16)18(17-10)11-7(14)4-3-5-8(11)15/h3-6H,16H2,1-2H3. The summed E-state index contributed by atoms with van der Waals surface area (Å²) < 4.78 is 15.9. The van der Waals surface area contributed by atoms with E-state index < -0.39 is 5.82 Å². The molecule has 1 aromatic heterocycles. The molecule has 1 aromatic carbocycles. The van der Waals surface area contributed by atoms with E-state index in [-0.39, 0.29) is 16.6 Å². The number of halogens is 3. The van der Waals surface area contributed by atoms with Gasteiger partial charge in [0.05, 0.1) is 15.2 Å². The monoisotopic (exact) mass is 331 g/mol. The first-order valence-electron chi connectivity index (χ1n) is 5.41. The summed E-state index contributed by atoms with van der Waals surface area (Å²) in [6, 6.07) is 4.47. The lowest BCUT2D eigenvalue weighted by Gasteiger charge is -2.07. The van der Waals surface area contributed by atoms with E-state index in [9.17, 15) is 4.39 Å². The van der Waals surface area contributed by atoms with E-state index in [1.54, 1.807) is 12.1 Å². The van der Waals surface area contributed by atoms with E-state index >= 15 is 0 Å². The second-order valence-electron chi connectivity index (χ2n) is 4.22. The maximum atomic E-state index is 13.8. The molecular weight excluding hydrogens is 321 g/mol. The number of hydrogen-bond donors (Lipinski definition) is 1. The van der Waals surface area contributed by atoms with Crippen molar-refractivity contribution in [3.8, 4) is 5.69 Å². The molecule has 3 nitrogen and oxygen atoms in total. The van der Waals surface area contributed by atoms with Crippen molar-refractivity contribution in [2.45, 2.75) is 19.8 Å². The molecule has 18 heavy (non-hydrogen) atoms. The lowest BCUT2D eigenvalue weighted by atomic mass is 10.1. The zero-order chi connectivity index (χ0) is 13.4. The SMILES string of the molecule is CC(C)c1nn(-c2c(F)cccc2Cl)c(N)c1Br. The van der Waals surface area contributed by atoms with Crippen molar-refractivity contribution in [3.63, 3.8) is 0 Å². The van der Waals surface area contributed by atoms with Gasteiger partial charge >= 0.3 is 0 Å². The van der Waals surface area contributed by atoms with Crippen LogP contribution in [0.2, 0.25) is 5.02 Å². The van der Waals surface area contributed by atoms with Crippen molar-refractivity contribution >= 4 is 33.3 Å². The number of nitrogens with zero attached hydrogens (tertiary/aromatic N) is 2. The Balaban J connectivity index is 2.69. The first-order chi connectivity index (χ1) is 8.43. The fraction of sp³-hybridized carbons (Fsp3) is 0.250. The number of nitrogen functional groups attached to an aromatic ring is 1. The van der Waals surface area contributed by atoms with Crippen LogP contribution in [-0.4, -0.2) is 9.78 Å². The van der Waals surface area contributed by atoms with Gasteiger partial charge in [-0.15, -0.1) is 0 Å². The number of aromatic nitrogens is 2. The van der Waals surface area contributed by atoms with Crippen molar-refractivity contribution in [2.75, 3.05) is 5.73 Å². The first-order valence-corrected chi connectivity index (χ1v) is 6.58. The Hall–Kier alpha value is -1.07. The lowest BCUT2D eigenvalue weighted by Crippen LogP contribution is -2.05. The zero-order valence-corrected chi connectivity index (χ0v) is 12.3. The summed E-state index contributed by atoms with van der Waals surface area (Å²) in [5, 5.41) is 4.59. The summed E-state index contributed by atoms with van der Waals surface area (Å²) in [7, 11) is 0. The third kappa shape index (κ3) is 2.12. The number of anilines is 1. The average Bonchev–Trinajstić information content (AvgIpc) is 2.57. The maximum Gasteiger partial charge on any atom is 0.150 e. The number of nitrogens with two attached hydrogens (primary N) is 1. The molecule has 2 N–H and O–H groups in total. The molecule has 6 heteroatoms. The van der Waals surface area contributed by atoms with Gasteiger partial charge < -0.3 is 5.73 Å². The number of benzene rings is 1. The molecule has 0 atom stereocenters. The van der Waals surface area contributed by atoms with Gasteiger partial charge in [-0.3, -0.25) is 0 Å². The molecule has 0 amide bonds. The quantitative estimate of drug-likeness (QED) is 0.898. The molecule has 2 rings (SSSR count). The Morgan fingerprint density at radius 1 is 1.44 bits per heavy atom. The second kappa shape index (κ2) is 4.90. The summed E-state index contributed by atoms with van der Waals surface area (Å²) >= 11 is 9.38. The molecule has 0 aliphatic carbocycles. The van der Waals surface area contributed by atoms with Crippen molar-refractivity contribution < 1.29 is 4.39 Å². The molecular formula is C12H12BrClFN3. The van der Waals surface area contributed by atoms with Gasteiger partial charge in [-0.05, 0) is 34.0 Å². The Morgan fingerprint density at radius 2 is 2.11 bits per heavy atom. The molecule has 0 saturated carbocycles. The normalized spacial score (nSPS) is 11.2. The molecule has 0 fully saturated rings. The highest BCUT2D eigenvalue weighted by Crippen LogP contribution is 2.33. The topological polar surface area (TPSA) is 43.8 Å². The fourth-order valence-electron chi connectivity index (χ4n) is 1.66. The molecule has 0 saturated heterocycles. The van der Waals surface area contributed by atoms with E-state index in [0.29, 0.717) is 10.3 Å². The molecule has 96 valence electrons. The highest BCUT2D eigenvalue weighted by atomic mass is 79.9. The first kappa shape index (κ1) is 13.4. The number of rotatable bonds is 2. The van der Waals surface area contributed by atoms with Crippen LogP contribution < -0.4 is 5.73 Å². The van der Waals surface area contributed by atoms with Crippen LogP contribution in [0.1, 0.15) is 25.5 Å². The molecule has 0 aliphatic rings. The van der Waals surface area contributed by atoms with Crippen LogP contribution in [0, 0.1) is 5.82 Å². The molecule has 1 heterocycles. The highest BCUT2D eigenvalue weighted by molar-refractivity contribution is 9.10. The lowest BCUT2D eigenvalue weighted by molar-refractivity contribution is 0.609. The van der Waals surface area contributed by atoms with Crippen molar-refractivity contribution in [1.29, 1.82) is 0 Å². The van der Waals surface area contributed by atoms with Gasteiger partial charge in [0, 0.05) is 0 Å². The van der Waals surface area contributed by atoms with Gasteiger partial charge in [0.15, 0.2) is 0 Å². The van der Waals surface area contributed by atoms with Crippen LogP contribution in [0.4, 0.5) is 10.2 Å². The summed E-state index contributed by atoms with van der Waals surface area (Å²) in [6.07, 6.45) is 0. The third-order valence-corrected chi connectivity index (χ3v) is 3.70. The van der Waals surface area contributed by atoms with E-state index in [4.69, 9.17) is 17.3 Å². The van der Waals surface area contributed by atoms with E-state index in [1.807, 2.05) is 13.8 Å². The Bertz CT molecular complexity index is 575. The Morgan fingerprint density at radius 3 is 2.61 bits per heavy atom. The van der Waals surface area contributed by atoms with E-state index in [0.717, 1.165) is 5.69 Å². The van der Waals surface area contributed by atoms with Crippen LogP contribution in [0.25, 0.3) is 5.69 Å². The Labute approximate surface area is 118 Å². The summed E-state index contributed by atoms with van der Waals surface area (Å²) in [5.41, 5.74) is 6.88. The van der Waals surface area contributed by atoms with Crippen LogP contribution >= 0.6 is 27.5 Å². The molecule has 2 aromatic rings. The highest BCUT2D eigenvalue weighted by Gasteiger charge is 2.20. The summed E-state index contributed by atoms with van der Waals surface area (Å²) in [4.78, 5) is 0. The molecule has 0 spiro atoms. The van der Waals surface area contributed by atoms with Crippen LogP contribution in [0.5, 0.6) is 0 Å². The maximum absolute atomic E-state index is 13.8. The predicted molar refractivity (Wildman–Crippen MR) is 74.7 cm³/mol. The minimum atomic E-state index is -0.459. The predicted octanol–water partition coefficient (Wildman–Crippen LogP) is 4.13. The average molecular weight is 333 g/mol. The smallest absolute Gasteiger partial charge is 0.150 e. The van der Waals surface area contributed by atoms with Gasteiger partial charge in [0.2, 0.25) is 0 Å². The largest absolute Gasteiger partial charge is 0.383 e. The van der Waals surface area contributed by atoms with Gasteiger partial charge in [-0.1, -0.05) is 31.5 Å². The number of para-hydroxylation sites is 1. The zero-order valence-electron chi connectivity index (χ0n) is 9.92. The molecule has 0 aliphatic heterocycles. The molecule has 0 radical (unpaired) electrons. The summed E-state index contributed by atoms with van der Waals surface area (Å²) in [6.45, 7) is 3.97. The van der Waals surface area contributed by atoms with Crippen LogP contribution in [-0.2, 0) is 0 Å². The molecule has 0 unspecified atom stereocenters.